The first-order valence-corrected chi connectivity index (χ1v) is 6.24. The highest BCUT2D eigenvalue weighted by Gasteiger charge is 2.43. The third-order valence-electron chi connectivity index (χ3n) is 3.70. The number of benzene rings is 1. The molecule has 3 rings (SSSR count). The average molecular weight is 274 g/mol. The molecule has 0 saturated carbocycles. The smallest absolute Gasteiger partial charge is 0.325 e. The summed E-state index contributed by atoms with van der Waals surface area (Å²) in [5, 5.41) is 16.7. The zero-order chi connectivity index (χ0) is 14.3. The van der Waals surface area contributed by atoms with Gasteiger partial charge in [0.15, 0.2) is 0 Å². The van der Waals surface area contributed by atoms with Crippen LogP contribution in [0.5, 0.6) is 0 Å². The SMILES string of the molecule is NC1(C(=O)O)CCN(C(=O)c2ccc3cn[nH]c3c2)C1. The van der Waals surface area contributed by atoms with Crippen molar-refractivity contribution in [1.29, 1.82) is 0 Å². The molecule has 1 aliphatic heterocycles. The molecule has 1 saturated heterocycles. The van der Waals surface area contributed by atoms with E-state index in [0.29, 0.717) is 12.1 Å². The van der Waals surface area contributed by atoms with Crippen molar-refractivity contribution in [3.8, 4) is 0 Å². The van der Waals surface area contributed by atoms with Crippen LogP contribution in [0, 0.1) is 0 Å². The van der Waals surface area contributed by atoms with Gasteiger partial charge in [-0.25, -0.2) is 0 Å². The fraction of sp³-hybridized carbons (Fsp3) is 0.308. The maximum atomic E-state index is 12.4. The summed E-state index contributed by atoms with van der Waals surface area (Å²) in [6.07, 6.45) is 1.94. The van der Waals surface area contributed by atoms with Gasteiger partial charge in [0.2, 0.25) is 0 Å². The number of carboxylic acids is 1. The maximum absolute atomic E-state index is 12.4. The lowest BCUT2D eigenvalue weighted by molar-refractivity contribution is -0.142. The van der Waals surface area contributed by atoms with Crippen LogP contribution in [-0.2, 0) is 4.79 Å². The van der Waals surface area contributed by atoms with Crippen LogP contribution in [0.3, 0.4) is 0 Å². The highest BCUT2D eigenvalue weighted by atomic mass is 16.4. The number of hydrogen-bond acceptors (Lipinski definition) is 4. The highest BCUT2D eigenvalue weighted by molar-refractivity contribution is 5.98. The van der Waals surface area contributed by atoms with Gasteiger partial charge in [0.05, 0.1) is 11.7 Å². The third-order valence-corrected chi connectivity index (χ3v) is 3.70. The molecule has 1 fully saturated rings. The number of amides is 1. The van der Waals surface area contributed by atoms with Crippen LogP contribution in [0.4, 0.5) is 0 Å². The lowest BCUT2D eigenvalue weighted by Gasteiger charge is -2.20. The second-order valence-electron chi connectivity index (χ2n) is 5.11. The van der Waals surface area contributed by atoms with Gasteiger partial charge in [-0.2, -0.15) is 5.10 Å². The van der Waals surface area contributed by atoms with Gasteiger partial charge in [-0.15, -0.1) is 0 Å². The molecule has 4 N–H and O–H groups in total. The van der Waals surface area contributed by atoms with E-state index in [1.54, 1.807) is 24.4 Å². The van der Waals surface area contributed by atoms with Crippen molar-refractivity contribution in [3.63, 3.8) is 0 Å². The van der Waals surface area contributed by atoms with Crippen LogP contribution in [0.1, 0.15) is 16.8 Å². The summed E-state index contributed by atoms with van der Waals surface area (Å²) in [7, 11) is 0. The summed E-state index contributed by atoms with van der Waals surface area (Å²) in [6.45, 7) is 0.380. The number of aliphatic carboxylic acids is 1. The summed E-state index contributed by atoms with van der Waals surface area (Å²) in [5.41, 5.74) is 5.70. The molecule has 20 heavy (non-hydrogen) atoms. The minimum atomic E-state index is -1.34. The summed E-state index contributed by atoms with van der Waals surface area (Å²) < 4.78 is 0. The first-order valence-electron chi connectivity index (χ1n) is 6.24. The van der Waals surface area contributed by atoms with Crippen molar-refractivity contribution in [2.24, 2.45) is 5.73 Å². The standard InChI is InChI=1S/C13H14N4O3/c14-13(12(19)20)3-4-17(7-13)11(18)8-1-2-9-6-15-16-10(9)5-8/h1-2,5-6H,3-4,7,14H2,(H,15,16)(H,19,20). The van der Waals surface area contributed by atoms with Crippen LogP contribution >= 0.6 is 0 Å². The van der Waals surface area contributed by atoms with Crippen molar-refractivity contribution in [1.82, 2.24) is 15.1 Å². The number of H-pyrrole nitrogens is 1. The Labute approximate surface area is 114 Å². The van der Waals surface area contributed by atoms with Crippen LogP contribution < -0.4 is 5.73 Å². The van der Waals surface area contributed by atoms with Gasteiger partial charge < -0.3 is 15.7 Å². The van der Waals surface area contributed by atoms with Gasteiger partial charge in [-0.05, 0) is 18.6 Å². The van der Waals surface area contributed by atoms with Crippen molar-refractivity contribution >= 4 is 22.8 Å². The monoisotopic (exact) mass is 274 g/mol. The summed E-state index contributed by atoms with van der Waals surface area (Å²) in [6, 6.07) is 5.22. The third kappa shape index (κ3) is 1.92. The van der Waals surface area contributed by atoms with E-state index in [0.717, 1.165) is 10.9 Å². The van der Waals surface area contributed by atoms with E-state index in [2.05, 4.69) is 10.2 Å². The fourth-order valence-corrected chi connectivity index (χ4v) is 2.43. The number of nitrogens with zero attached hydrogens (tertiary/aromatic N) is 2. The lowest BCUT2D eigenvalue weighted by atomic mass is 10.0. The first-order chi connectivity index (χ1) is 9.49. The van der Waals surface area contributed by atoms with Gasteiger partial charge in [0.1, 0.15) is 5.54 Å². The van der Waals surface area contributed by atoms with Crippen molar-refractivity contribution in [3.05, 3.63) is 30.0 Å². The number of aromatic nitrogens is 2. The molecule has 1 aliphatic rings. The number of nitrogens with one attached hydrogen (secondary N) is 1. The molecule has 2 heterocycles. The molecule has 0 aliphatic carbocycles. The topological polar surface area (TPSA) is 112 Å². The summed E-state index contributed by atoms with van der Waals surface area (Å²) in [5.74, 6) is -1.29. The number of aromatic amines is 1. The molecule has 104 valence electrons. The van der Waals surface area contributed by atoms with Gasteiger partial charge in [-0.1, -0.05) is 6.07 Å². The second kappa shape index (κ2) is 4.31. The Morgan fingerprint density at radius 2 is 2.25 bits per heavy atom. The molecule has 1 amide bonds. The Balaban J connectivity index is 1.84. The molecule has 1 aromatic carbocycles. The molecule has 1 unspecified atom stereocenters. The Kier molecular flexibility index (Phi) is 2.72. The quantitative estimate of drug-likeness (QED) is 0.723. The van der Waals surface area contributed by atoms with Crippen LogP contribution in [0.2, 0.25) is 0 Å². The van der Waals surface area contributed by atoms with E-state index in [-0.39, 0.29) is 18.9 Å². The fourth-order valence-electron chi connectivity index (χ4n) is 2.43. The van der Waals surface area contributed by atoms with Crippen molar-refractivity contribution in [2.75, 3.05) is 13.1 Å². The van der Waals surface area contributed by atoms with E-state index >= 15 is 0 Å². The molecule has 7 heteroatoms. The summed E-state index contributed by atoms with van der Waals surface area (Å²) in [4.78, 5) is 24.9. The minimum absolute atomic E-state index is 0.0299. The number of carbonyl (C=O) groups excluding carboxylic acids is 1. The zero-order valence-electron chi connectivity index (χ0n) is 10.7. The van der Waals surface area contributed by atoms with Crippen LogP contribution in [0.25, 0.3) is 10.9 Å². The molecule has 0 radical (unpaired) electrons. The van der Waals surface area contributed by atoms with Gasteiger partial charge in [0, 0.05) is 24.0 Å². The van der Waals surface area contributed by atoms with Gasteiger partial charge >= 0.3 is 5.97 Å². The van der Waals surface area contributed by atoms with Crippen molar-refractivity contribution in [2.45, 2.75) is 12.0 Å². The Morgan fingerprint density at radius 3 is 2.95 bits per heavy atom. The highest BCUT2D eigenvalue weighted by Crippen LogP contribution is 2.22. The number of hydrogen-bond donors (Lipinski definition) is 3. The molecular formula is C13H14N4O3. The van der Waals surface area contributed by atoms with Gasteiger partial charge in [-0.3, -0.25) is 14.7 Å². The predicted molar refractivity (Wildman–Crippen MR) is 71.2 cm³/mol. The van der Waals surface area contributed by atoms with Crippen molar-refractivity contribution < 1.29 is 14.7 Å². The van der Waals surface area contributed by atoms with E-state index in [1.165, 1.54) is 4.90 Å². The largest absolute Gasteiger partial charge is 0.480 e. The predicted octanol–water partition coefficient (Wildman–Crippen LogP) is 0.191. The molecule has 1 aromatic heterocycles. The Morgan fingerprint density at radius 1 is 1.45 bits per heavy atom. The van der Waals surface area contributed by atoms with Crippen LogP contribution in [-0.4, -0.2) is 50.7 Å². The average Bonchev–Trinajstić information content (AvgIpc) is 3.04. The number of nitrogens with two attached hydrogens (primary N) is 1. The normalized spacial score (nSPS) is 22.4. The number of fused-ring (bicyclic) bond motifs is 1. The van der Waals surface area contributed by atoms with E-state index in [1.807, 2.05) is 0 Å². The lowest BCUT2D eigenvalue weighted by Crippen LogP contribution is -2.50. The number of carbonyl (C=O) groups is 2. The molecule has 2 aromatic rings. The molecule has 7 nitrogen and oxygen atoms in total. The Bertz CT molecular complexity index is 696. The van der Waals surface area contributed by atoms with E-state index in [9.17, 15) is 9.59 Å². The molecule has 0 bridgehead atoms. The zero-order valence-corrected chi connectivity index (χ0v) is 10.7. The Hall–Kier alpha value is -2.41. The van der Waals surface area contributed by atoms with E-state index < -0.39 is 11.5 Å². The second-order valence-corrected chi connectivity index (χ2v) is 5.11. The van der Waals surface area contributed by atoms with Crippen LogP contribution in [0.15, 0.2) is 24.4 Å². The molecule has 1 atom stereocenters. The van der Waals surface area contributed by atoms with Gasteiger partial charge in [0.25, 0.3) is 5.91 Å². The maximum Gasteiger partial charge on any atom is 0.325 e. The first kappa shape index (κ1) is 12.6. The molecule has 0 spiro atoms. The number of rotatable bonds is 2. The van der Waals surface area contributed by atoms with E-state index in [4.69, 9.17) is 10.8 Å². The molecular weight excluding hydrogens is 260 g/mol. The number of carboxylic acid groups (broad SMARTS) is 1. The number of likely N-dealkylation sites (tertiary alicyclic amines) is 1. The minimum Gasteiger partial charge on any atom is -0.480 e. The summed E-state index contributed by atoms with van der Waals surface area (Å²) >= 11 is 0.